The van der Waals surface area contributed by atoms with E-state index in [9.17, 15) is 4.79 Å². The molecule has 1 rings (SSSR count). The van der Waals surface area contributed by atoms with Crippen molar-refractivity contribution in [2.75, 3.05) is 20.2 Å². The average molecular weight is 278 g/mol. The topological polar surface area (TPSA) is 41.6 Å². The van der Waals surface area contributed by atoms with Gasteiger partial charge in [-0.15, -0.1) is 0 Å². The summed E-state index contributed by atoms with van der Waals surface area (Å²) in [5, 5.41) is 3.23. The summed E-state index contributed by atoms with van der Waals surface area (Å²) in [4.78, 5) is 14.4. The van der Waals surface area contributed by atoms with E-state index < -0.39 is 5.54 Å². The lowest BCUT2D eigenvalue weighted by molar-refractivity contribution is -0.137. The monoisotopic (exact) mass is 278 g/mol. The number of nitrogens with one attached hydrogen (secondary N) is 1. The van der Waals surface area contributed by atoms with E-state index in [0.29, 0.717) is 13.1 Å². The van der Waals surface area contributed by atoms with E-state index in [4.69, 9.17) is 4.74 Å². The number of amides is 1. The Balaban J connectivity index is 2.77. The Morgan fingerprint density at radius 1 is 1.25 bits per heavy atom. The first-order valence-electron chi connectivity index (χ1n) is 7.12. The van der Waals surface area contributed by atoms with Gasteiger partial charge in [0, 0.05) is 13.1 Å². The minimum absolute atomic E-state index is 0.123. The third-order valence-electron chi connectivity index (χ3n) is 3.35. The number of rotatable bonds is 7. The number of carbonyl (C=O) groups excluding carboxylic acids is 1. The molecule has 1 aromatic rings. The molecule has 1 amide bonds. The van der Waals surface area contributed by atoms with Gasteiger partial charge in [0.05, 0.1) is 12.6 Å². The molecule has 4 heteroatoms. The fraction of sp³-hybridized carbons (Fsp3) is 0.562. The van der Waals surface area contributed by atoms with Crippen molar-refractivity contribution < 1.29 is 9.53 Å². The molecule has 0 radical (unpaired) electrons. The highest BCUT2D eigenvalue weighted by Gasteiger charge is 2.30. The highest BCUT2D eigenvalue weighted by molar-refractivity contribution is 5.85. The van der Waals surface area contributed by atoms with Crippen molar-refractivity contribution >= 4 is 5.91 Å². The maximum atomic E-state index is 12.6. The molecular formula is C16H26N2O2. The molecule has 0 unspecified atom stereocenters. The fourth-order valence-corrected chi connectivity index (χ4v) is 2.19. The Hall–Kier alpha value is -1.55. The van der Waals surface area contributed by atoms with Crippen molar-refractivity contribution in [3.8, 4) is 5.75 Å². The van der Waals surface area contributed by atoms with Gasteiger partial charge in [0.25, 0.3) is 0 Å². The summed E-state index contributed by atoms with van der Waals surface area (Å²) < 4.78 is 5.14. The highest BCUT2D eigenvalue weighted by atomic mass is 16.5. The minimum Gasteiger partial charge on any atom is -0.497 e. The second-order valence-electron chi connectivity index (χ2n) is 5.32. The van der Waals surface area contributed by atoms with E-state index in [1.165, 1.54) is 0 Å². The molecule has 0 aromatic heterocycles. The molecule has 1 aromatic carbocycles. The van der Waals surface area contributed by atoms with Crippen molar-refractivity contribution in [3.63, 3.8) is 0 Å². The van der Waals surface area contributed by atoms with E-state index in [-0.39, 0.29) is 5.91 Å². The number of carbonyl (C=O) groups is 1. The SMILES string of the molecule is CCNC(C)(C)C(=O)N(CC)Cc1ccc(OC)cc1. The zero-order chi connectivity index (χ0) is 15.2. The maximum absolute atomic E-state index is 12.6. The molecule has 0 aliphatic heterocycles. The predicted molar refractivity (Wildman–Crippen MR) is 81.8 cm³/mol. The van der Waals surface area contributed by atoms with Crippen molar-refractivity contribution in [2.24, 2.45) is 0 Å². The molecule has 0 bridgehead atoms. The molecule has 0 saturated carbocycles. The van der Waals surface area contributed by atoms with Crippen molar-refractivity contribution in [3.05, 3.63) is 29.8 Å². The van der Waals surface area contributed by atoms with Gasteiger partial charge in [-0.3, -0.25) is 4.79 Å². The van der Waals surface area contributed by atoms with Gasteiger partial charge >= 0.3 is 0 Å². The number of hydrogen-bond acceptors (Lipinski definition) is 3. The van der Waals surface area contributed by atoms with Crippen LogP contribution in [0.25, 0.3) is 0 Å². The van der Waals surface area contributed by atoms with Crippen molar-refractivity contribution in [1.82, 2.24) is 10.2 Å². The van der Waals surface area contributed by atoms with Crippen LogP contribution in [-0.2, 0) is 11.3 Å². The summed E-state index contributed by atoms with van der Waals surface area (Å²) in [5.74, 6) is 0.953. The number of ether oxygens (including phenoxy) is 1. The molecule has 0 aliphatic rings. The van der Waals surface area contributed by atoms with Crippen LogP contribution in [0.5, 0.6) is 5.75 Å². The van der Waals surface area contributed by atoms with Gasteiger partial charge in [-0.2, -0.15) is 0 Å². The van der Waals surface area contributed by atoms with Gasteiger partial charge in [-0.1, -0.05) is 19.1 Å². The second-order valence-corrected chi connectivity index (χ2v) is 5.32. The smallest absolute Gasteiger partial charge is 0.242 e. The lowest BCUT2D eigenvalue weighted by atomic mass is 10.0. The standard InChI is InChI=1S/C16H26N2O2/c1-6-17-16(3,4)15(19)18(7-2)12-13-8-10-14(20-5)11-9-13/h8-11,17H,6-7,12H2,1-5H3. The first kappa shape index (κ1) is 16.5. The van der Waals surface area contributed by atoms with Crippen LogP contribution in [0, 0.1) is 0 Å². The lowest BCUT2D eigenvalue weighted by Gasteiger charge is -2.32. The summed E-state index contributed by atoms with van der Waals surface area (Å²) in [6, 6.07) is 7.83. The molecule has 0 spiro atoms. The maximum Gasteiger partial charge on any atom is 0.242 e. The van der Waals surface area contributed by atoms with Gasteiger partial charge in [0.1, 0.15) is 5.75 Å². The van der Waals surface area contributed by atoms with E-state index in [1.807, 2.05) is 56.9 Å². The Morgan fingerprint density at radius 3 is 2.30 bits per heavy atom. The summed E-state index contributed by atoms with van der Waals surface area (Å²) >= 11 is 0. The quantitative estimate of drug-likeness (QED) is 0.833. The van der Waals surface area contributed by atoms with Crippen molar-refractivity contribution in [1.29, 1.82) is 0 Å². The number of likely N-dealkylation sites (N-methyl/N-ethyl adjacent to an activating group) is 2. The second kappa shape index (κ2) is 7.29. The largest absolute Gasteiger partial charge is 0.497 e. The van der Waals surface area contributed by atoms with Gasteiger partial charge in [-0.25, -0.2) is 0 Å². The van der Waals surface area contributed by atoms with Gasteiger partial charge in [-0.05, 0) is 45.0 Å². The van der Waals surface area contributed by atoms with E-state index in [1.54, 1.807) is 7.11 Å². The van der Waals surface area contributed by atoms with Gasteiger partial charge in [0.2, 0.25) is 5.91 Å². The third kappa shape index (κ3) is 4.23. The predicted octanol–water partition coefficient (Wildman–Crippen LogP) is 2.43. The van der Waals surface area contributed by atoms with E-state index in [2.05, 4.69) is 5.32 Å². The van der Waals surface area contributed by atoms with Crippen LogP contribution in [0.15, 0.2) is 24.3 Å². The first-order valence-corrected chi connectivity index (χ1v) is 7.12. The van der Waals surface area contributed by atoms with Crippen LogP contribution >= 0.6 is 0 Å². The summed E-state index contributed by atoms with van der Waals surface area (Å²) in [7, 11) is 1.65. The number of methoxy groups -OCH3 is 1. The number of hydrogen-bond donors (Lipinski definition) is 1. The Kier molecular flexibility index (Phi) is 6.02. The molecule has 1 N–H and O–H groups in total. The molecule has 20 heavy (non-hydrogen) atoms. The summed E-state index contributed by atoms with van der Waals surface area (Å²) in [6.07, 6.45) is 0. The van der Waals surface area contributed by atoms with Crippen LogP contribution in [-0.4, -0.2) is 36.5 Å². The zero-order valence-corrected chi connectivity index (χ0v) is 13.2. The Bertz CT molecular complexity index is 427. The fourth-order valence-electron chi connectivity index (χ4n) is 2.19. The van der Waals surface area contributed by atoms with Gasteiger partial charge in [0.15, 0.2) is 0 Å². The Morgan fingerprint density at radius 2 is 1.85 bits per heavy atom. The van der Waals surface area contributed by atoms with Crippen molar-refractivity contribution in [2.45, 2.75) is 39.8 Å². The first-order chi connectivity index (χ1) is 9.44. The average Bonchev–Trinajstić information content (AvgIpc) is 2.44. The molecule has 0 aliphatic carbocycles. The summed E-state index contributed by atoms with van der Waals surface area (Å²) in [6.45, 7) is 9.95. The number of nitrogens with zero attached hydrogens (tertiary/aromatic N) is 1. The Labute approximate surface area is 122 Å². The van der Waals surface area contributed by atoms with Crippen LogP contribution in [0.1, 0.15) is 33.3 Å². The molecule has 0 fully saturated rings. The summed E-state index contributed by atoms with van der Waals surface area (Å²) in [5.41, 5.74) is 0.574. The zero-order valence-electron chi connectivity index (χ0n) is 13.2. The number of benzene rings is 1. The van der Waals surface area contributed by atoms with Crippen LogP contribution in [0.3, 0.4) is 0 Å². The molecule has 0 saturated heterocycles. The van der Waals surface area contributed by atoms with E-state index >= 15 is 0 Å². The van der Waals surface area contributed by atoms with Crippen LogP contribution < -0.4 is 10.1 Å². The van der Waals surface area contributed by atoms with Crippen LogP contribution in [0.2, 0.25) is 0 Å². The van der Waals surface area contributed by atoms with Gasteiger partial charge < -0.3 is 15.0 Å². The van der Waals surface area contributed by atoms with Crippen LogP contribution in [0.4, 0.5) is 0 Å². The normalized spacial score (nSPS) is 11.2. The molecule has 0 heterocycles. The third-order valence-corrected chi connectivity index (χ3v) is 3.35. The molecular weight excluding hydrogens is 252 g/mol. The van der Waals surface area contributed by atoms with E-state index in [0.717, 1.165) is 17.9 Å². The minimum atomic E-state index is -0.531. The molecule has 112 valence electrons. The highest BCUT2D eigenvalue weighted by Crippen LogP contribution is 2.15. The molecule has 0 atom stereocenters. The lowest BCUT2D eigenvalue weighted by Crippen LogP contribution is -2.53. The molecule has 4 nitrogen and oxygen atoms in total.